The van der Waals surface area contributed by atoms with Crippen LogP contribution in [-0.2, 0) is 11.2 Å². The summed E-state index contributed by atoms with van der Waals surface area (Å²) in [6.45, 7) is 5.46. The van der Waals surface area contributed by atoms with Gasteiger partial charge in [-0.3, -0.25) is 0 Å². The second kappa shape index (κ2) is 7.13. The zero-order valence-corrected chi connectivity index (χ0v) is 13.8. The van der Waals surface area contributed by atoms with Gasteiger partial charge in [0.15, 0.2) is 0 Å². The quantitative estimate of drug-likeness (QED) is 0.365. The maximum absolute atomic E-state index is 11.9. The van der Waals surface area contributed by atoms with Crippen molar-refractivity contribution < 1.29 is 18.7 Å². The van der Waals surface area contributed by atoms with E-state index >= 15 is 0 Å². The highest BCUT2D eigenvalue weighted by molar-refractivity contribution is 5.92. The smallest absolute Gasteiger partial charge is 0.338 e. The molecule has 2 rings (SSSR count). The highest BCUT2D eigenvalue weighted by atomic mass is 16.5. The van der Waals surface area contributed by atoms with Crippen LogP contribution in [0.25, 0.3) is 11.0 Å². The van der Waals surface area contributed by atoms with E-state index in [1.807, 2.05) is 6.92 Å². The molecule has 122 valence electrons. The van der Waals surface area contributed by atoms with Gasteiger partial charge in [-0.1, -0.05) is 19.4 Å². The van der Waals surface area contributed by atoms with Gasteiger partial charge < -0.3 is 13.9 Å². The molecule has 1 aromatic carbocycles. The fraction of sp³-hybridized carbons (Fsp3) is 0.333. The molecule has 5 nitrogen and oxygen atoms in total. The van der Waals surface area contributed by atoms with Crippen molar-refractivity contribution >= 4 is 16.9 Å². The second-order valence-corrected chi connectivity index (χ2v) is 5.20. The molecule has 0 fully saturated rings. The number of rotatable bonds is 5. The lowest BCUT2D eigenvalue weighted by Gasteiger charge is -2.12. The van der Waals surface area contributed by atoms with Crippen LogP contribution in [0.5, 0.6) is 11.5 Å². The van der Waals surface area contributed by atoms with Crippen LogP contribution < -0.4 is 15.1 Å². The van der Waals surface area contributed by atoms with Gasteiger partial charge in [0.2, 0.25) is 0 Å². The summed E-state index contributed by atoms with van der Waals surface area (Å²) in [7, 11) is 1.53. The highest BCUT2D eigenvalue weighted by Crippen LogP contribution is 2.33. The molecule has 0 aliphatic rings. The molecule has 0 saturated heterocycles. The van der Waals surface area contributed by atoms with Gasteiger partial charge in [-0.05, 0) is 25.8 Å². The summed E-state index contributed by atoms with van der Waals surface area (Å²) in [6, 6.07) is 4.64. The Morgan fingerprint density at radius 3 is 2.65 bits per heavy atom. The van der Waals surface area contributed by atoms with Crippen LogP contribution in [0, 0.1) is 0 Å². The fourth-order valence-electron chi connectivity index (χ4n) is 2.31. The molecule has 0 saturated carbocycles. The molecule has 1 heterocycles. The molecule has 0 aliphatic heterocycles. The lowest BCUT2D eigenvalue weighted by atomic mass is 10.0. The Kier molecular flexibility index (Phi) is 5.21. The van der Waals surface area contributed by atoms with Crippen LogP contribution in [0.2, 0.25) is 0 Å². The third-order valence-corrected chi connectivity index (χ3v) is 3.57. The van der Waals surface area contributed by atoms with Gasteiger partial charge in [0.25, 0.3) is 0 Å². The number of fused-ring (bicyclic) bond motifs is 1. The molecular weight excluding hydrogens is 296 g/mol. The first kappa shape index (κ1) is 16.8. The summed E-state index contributed by atoms with van der Waals surface area (Å²) in [5.74, 6) is 0.328. The molecular formula is C18H20O5. The molecule has 0 amide bonds. The third kappa shape index (κ3) is 3.62. The van der Waals surface area contributed by atoms with Gasteiger partial charge >= 0.3 is 11.6 Å². The van der Waals surface area contributed by atoms with E-state index < -0.39 is 11.6 Å². The first-order valence-electron chi connectivity index (χ1n) is 7.50. The monoisotopic (exact) mass is 316 g/mol. The van der Waals surface area contributed by atoms with Crippen molar-refractivity contribution in [2.75, 3.05) is 7.11 Å². The van der Waals surface area contributed by atoms with Gasteiger partial charge in [0.1, 0.15) is 17.1 Å². The van der Waals surface area contributed by atoms with E-state index in [-0.39, 0.29) is 5.75 Å². The number of aryl methyl sites for hydroxylation is 1. The Morgan fingerprint density at radius 1 is 1.30 bits per heavy atom. The Labute approximate surface area is 134 Å². The van der Waals surface area contributed by atoms with Gasteiger partial charge in [0, 0.05) is 23.8 Å². The Hall–Kier alpha value is -2.56. The van der Waals surface area contributed by atoms with Crippen LogP contribution in [0.15, 0.2) is 39.1 Å². The van der Waals surface area contributed by atoms with Crippen molar-refractivity contribution in [1.82, 2.24) is 0 Å². The minimum atomic E-state index is -0.457. The number of esters is 1. The topological polar surface area (TPSA) is 65.7 Å². The Bertz CT molecular complexity index is 814. The van der Waals surface area contributed by atoms with Gasteiger partial charge in [0.05, 0.1) is 12.5 Å². The maximum Gasteiger partial charge on any atom is 0.338 e. The van der Waals surface area contributed by atoms with Crippen LogP contribution >= 0.6 is 0 Å². The van der Waals surface area contributed by atoms with Crippen LogP contribution in [0.1, 0.15) is 32.8 Å². The molecule has 1 aromatic heterocycles. The predicted molar refractivity (Wildman–Crippen MR) is 88.1 cm³/mol. The molecule has 2 aromatic rings. The van der Waals surface area contributed by atoms with E-state index in [4.69, 9.17) is 13.9 Å². The Balaban J connectivity index is 2.59. The molecule has 23 heavy (non-hydrogen) atoms. The van der Waals surface area contributed by atoms with Crippen LogP contribution in [0.3, 0.4) is 0 Å². The Morgan fingerprint density at radius 2 is 2.04 bits per heavy atom. The van der Waals surface area contributed by atoms with Crippen molar-refractivity contribution in [2.45, 2.75) is 33.6 Å². The number of allylic oxidation sites excluding steroid dienone is 1. The van der Waals surface area contributed by atoms with E-state index in [9.17, 15) is 9.59 Å². The zero-order chi connectivity index (χ0) is 17.0. The minimum absolute atomic E-state index is 0.275. The lowest BCUT2D eigenvalue weighted by Crippen LogP contribution is -2.09. The van der Waals surface area contributed by atoms with Crippen molar-refractivity contribution in [2.24, 2.45) is 0 Å². The zero-order valence-electron chi connectivity index (χ0n) is 13.8. The molecule has 0 bridgehead atoms. The number of methoxy groups -OCH3 is 1. The number of carbonyl (C=O) groups is 1. The van der Waals surface area contributed by atoms with Gasteiger partial charge in [-0.25, -0.2) is 9.59 Å². The number of ether oxygens (including phenoxy) is 2. The molecule has 0 N–H and O–H groups in total. The van der Waals surface area contributed by atoms with E-state index in [2.05, 4.69) is 0 Å². The number of carbonyl (C=O) groups excluding carboxylic acids is 1. The SMILES string of the molecule is C/C=C(\C)C(=O)Oc1cc(OC)c2c(CCC)cc(=O)oc2c1. The summed E-state index contributed by atoms with van der Waals surface area (Å²) in [6.07, 6.45) is 3.29. The van der Waals surface area contributed by atoms with E-state index in [0.717, 1.165) is 23.8 Å². The molecule has 0 atom stereocenters. The predicted octanol–water partition coefficient (Wildman–Crippen LogP) is 3.63. The average molecular weight is 316 g/mol. The molecule has 5 heteroatoms. The fourth-order valence-corrected chi connectivity index (χ4v) is 2.31. The molecule has 0 aliphatic carbocycles. The standard InChI is InChI=1S/C18H20O5/c1-5-7-12-8-16(19)23-15-10-13(9-14(21-4)17(12)15)22-18(20)11(3)6-2/h6,8-10H,5,7H2,1-4H3/b11-6+. The summed E-state index contributed by atoms with van der Waals surface area (Å²) < 4.78 is 16.0. The van der Waals surface area contributed by atoms with E-state index in [0.29, 0.717) is 16.9 Å². The lowest BCUT2D eigenvalue weighted by molar-refractivity contribution is -0.130. The van der Waals surface area contributed by atoms with Crippen LogP contribution in [-0.4, -0.2) is 13.1 Å². The van der Waals surface area contributed by atoms with E-state index in [1.54, 1.807) is 32.1 Å². The first-order valence-corrected chi connectivity index (χ1v) is 7.50. The second-order valence-electron chi connectivity index (χ2n) is 5.20. The normalized spacial score (nSPS) is 11.6. The highest BCUT2D eigenvalue weighted by Gasteiger charge is 2.15. The molecule has 0 spiro atoms. The van der Waals surface area contributed by atoms with Crippen molar-refractivity contribution in [3.8, 4) is 11.5 Å². The van der Waals surface area contributed by atoms with Crippen molar-refractivity contribution in [1.29, 1.82) is 0 Å². The van der Waals surface area contributed by atoms with Gasteiger partial charge in [-0.2, -0.15) is 0 Å². The molecule has 0 radical (unpaired) electrons. The summed E-state index contributed by atoms with van der Waals surface area (Å²) >= 11 is 0. The van der Waals surface area contributed by atoms with Crippen LogP contribution in [0.4, 0.5) is 0 Å². The summed E-state index contributed by atoms with van der Waals surface area (Å²) in [5, 5.41) is 0.733. The van der Waals surface area contributed by atoms with Gasteiger partial charge in [-0.15, -0.1) is 0 Å². The molecule has 0 unspecified atom stereocenters. The third-order valence-electron chi connectivity index (χ3n) is 3.57. The number of benzene rings is 1. The maximum atomic E-state index is 11.9. The average Bonchev–Trinajstić information content (AvgIpc) is 2.52. The first-order chi connectivity index (χ1) is 11.0. The summed E-state index contributed by atoms with van der Waals surface area (Å²) in [4.78, 5) is 23.6. The largest absolute Gasteiger partial charge is 0.496 e. The van der Waals surface area contributed by atoms with Crippen molar-refractivity contribution in [3.63, 3.8) is 0 Å². The van der Waals surface area contributed by atoms with Crippen molar-refractivity contribution in [3.05, 3.63) is 45.8 Å². The minimum Gasteiger partial charge on any atom is -0.496 e. The van der Waals surface area contributed by atoms with E-state index in [1.165, 1.54) is 13.2 Å². The number of hydrogen-bond acceptors (Lipinski definition) is 5. The summed E-state index contributed by atoms with van der Waals surface area (Å²) in [5.41, 5.74) is 1.26. The number of hydrogen-bond donors (Lipinski definition) is 0.